The highest BCUT2D eigenvalue weighted by molar-refractivity contribution is 14.0. The molecule has 176 valence electrons. The van der Waals surface area contributed by atoms with Crippen LogP contribution in [0.4, 0.5) is 0 Å². The van der Waals surface area contributed by atoms with E-state index in [4.69, 9.17) is 14.3 Å². The van der Waals surface area contributed by atoms with Gasteiger partial charge in [0, 0.05) is 58.5 Å². The van der Waals surface area contributed by atoms with Crippen LogP contribution in [0.5, 0.6) is 0 Å². The van der Waals surface area contributed by atoms with E-state index in [0.717, 1.165) is 76.9 Å². The van der Waals surface area contributed by atoms with Gasteiger partial charge < -0.3 is 19.5 Å². The number of ether oxygens (including phenoxy) is 1. The van der Waals surface area contributed by atoms with Crippen molar-refractivity contribution in [2.45, 2.75) is 45.3 Å². The first-order chi connectivity index (χ1) is 15.3. The third-order valence-corrected chi connectivity index (χ3v) is 6.08. The van der Waals surface area contributed by atoms with E-state index < -0.39 is 0 Å². The van der Waals surface area contributed by atoms with Crippen molar-refractivity contribution in [2.24, 2.45) is 4.99 Å². The van der Waals surface area contributed by atoms with Gasteiger partial charge in [0.1, 0.15) is 6.26 Å². The largest absolute Gasteiger partial charge is 0.373 e. The van der Waals surface area contributed by atoms with Crippen molar-refractivity contribution in [1.82, 2.24) is 20.3 Å². The molecule has 1 aliphatic heterocycles. The summed E-state index contributed by atoms with van der Waals surface area (Å²) in [5.41, 5.74) is 3.83. The summed E-state index contributed by atoms with van der Waals surface area (Å²) in [6.45, 7) is 9.34. The molecule has 1 aliphatic carbocycles. The molecule has 0 amide bonds. The lowest BCUT2D eigenvalue weighted by atomic mass is 9.89. The standard InChI is InChI=1S/C24H35N5O2.HI/c1-2-25-24(29-15-13-28(14-16-29)19-21-11-18-31-27-21)26-12-6-17-30-23-10-5-8-20-7-3-4-9-22(20)23;/h3-4,7,9,11,18,23H,2,5-6,8,10,12-17,19H2,1H3,(H,25,26);1H. The molecule has 2 aromatic rings. The second-order valence-corrected chi connectivity index (χ2v) is 8.29. The van der Waals surface area contributed by atoms with Gasteiger partial charge in [-0.1, -0.05) is 29.4 Å². The van der Waals surface area contributed by atoms with E-state index in [9.17, 15) is 0 Å². The van der Waals surface area contributed by atoms with E-state index in [1.54, 1.807) is 6.26 Å². The number of piperazine rings is 1. The SMILES string of the molecule is CCNC(=NCCCOC1CCCc2ccccc21)N1CCN(Cc2ccon2)CC1.I. The third kappa shape index (κ3) is 6.92. The van der Waals surface area contributed by atoms with Crippen molar-refractivity contribution >= 4 is 29.9 Å². The summed E-state index contributed by atoms with van der Waals surface area (Å²) in [5, 5.41) is 7.48. The van der Waals surface area contributed by atoms with Crippen LogP contribution in [0.25, 0.3) is 0 Å². The average molecular weight is 553 g/mol. The van der Waals surface area contributed by atoms with Crippen LogP contribution in [-0.2, 0) is 17.7 Å². The monoisotopic (exact) mass is 553 g/mol. The molecule has 1 N–H and O–H groups in total. The Balaban J connectivity index is 0.00000289. The normalized spacial score (nSPS) is 19.3. The topological polar surface area (TPSA) is 66.1 Å². The van der Waals surface area contributed by atoms with Crippen molar-refractivity contribution in [3.63, 3.8) is 0 Å². The number of benzene rings is 1. The first-order valence-corrected chi connectivity index (χ1v) is 11.7. The maximum absolute atomic E-state index is 6.24. The van der Waals surface area contributed by atoms with Gasteiger partial charge in [0.15, 0.2) is 5.96 Å². The lowest BCUT2D eigenvalue weighted by Gasteiger charge is -2.36. The number of hydrogen-bond donors (Lipinski definition) is 1. The minimum absolute atomic E-state index is 0. The number of guanidine groups is 1. The number of fused-ring (bicyclic) bond motifs is 1. The maximum Gasteiger partial charge on any atom is 0.194 e. The van der Waals surface area contributed by atoms with Gasteiger partial charge in [-0.2, -0.15) is 0 Å². The Morgan fingerprint density at radius 2 is 2.06 bits per heavy atom. The molecule has 1 unspecified atom stereocenters. The van der Waals surface area contributed by atoms with E-state index in [-0.39, 0.29) is 30.1 Å². The highest BCUT2D eigenvalue weighted by atomic mass is 127. The molecule has 1 atom stereocenters. The molecule has 32 heavy (non-hydrogen) atoms. The number of aromatic nitrogens is 1. The fraction of sp³-hybridized carbons (Fsp3) is 0.583. The van der Waals surface area contributed by atoms with Crippen molar-refractivity contribution in [2.75, 3.05) is 45.9 Å². The first kappa shape index (κ1) is 25.0. The Bertz CT molecular complexity index is 822. The van der Waals surface area contributed by atoms with E-state index >= 15 is 0 Å². The van der Waals surface area contributed by atoms with Crippen LogP contribution in [0.2, 0.25) is 0 Å². The summed E-state index contributed by atoms with van der Waals surface area (Å²) in [6.07, 6.45) is 6.35. The van der Waals surface area contributed by atoms with Crippen molar-refractivity contribution in [1.29, 1.82) is 0 Å². The van der Waals surface area contributed by atoms with E-state index in [1.807, 2.05) is 6.07 Å². The fourth-order valence-electron chi connectivity index (χ4n) is 4.45. The van der Waals surface area contributed by atoms with Crippen molar-refractivity contribution in [3.05, 3.63) is 53.4 Å². The highest BCUT2D eigenvalue weighted by Crippen LogP contribution is 2.32. The molecule has 2 heterocycles. The molecule has 4 rings (SSSR count). The number of aryl methyl sites for hydroxylation is 1. The summed E-state index contributed by atoms with van der Waals surface area (Å²) in [4.78, 5) is 9.64. The van der Waals surface area contributed by atoms with Crippen LogP contribution in [0.15, 0.2) is 46.1 Å². The number of rotatable bonds is 8. The summed E-state index contributed by atoms with van der Waals surface area (Å²) in [7, 11) is 0. The van der Waals surface area contributed by atoms with E-state index in [2.05, 4.69) is 51.5 Å². The van der Waals surface area contributed by atoms with Crippen molar-refractivity contribution < 1.29 is 9.26 Å². The zero-order valence-corrected chi connectivity index (χ0v) is 21.4. The van der Waals surface area contributed by atoms with Gasteiger partial charge in [0.05, 0.1) is 11.8 Å². The lowest BCUT2D eigenvalue weighted by molar-refractivity contribution is 0.0402. The molecule has 0 spiro atoms. The van der Waals surface area contributed by atoms with Crippen LogP contribution in [0, 0.1) is 0 Å². The molecule has 8 heteroatoms. The van der Waals surface area contributed by atoms with Crippen LogP contribution < -0.4 is 5.32 Å². The number of nitrogens with zero attached hydrogens (tertiary/aromatic N) is 4. The van der Waals surface area contributed by atoms with Gasteiger partial charge in [-0.3, -0.25) is 9.89 Å². The zero-order chi connectivity index (χ0) is 21.3. The third-order valence-electron chi connectivity index (χ3n) is 6.08. The molecular formula is C24H36IN5O2. The summed E-state index contributed by atoms with van der Waals surface area (Å²) >= 11 is 0. The number of aliphatic imine (C=N–C) groups is 1. The highest BCUT2D eigenvalue weighted by Gasteiger charge is 2.21. The molecule has 1 aromatic carbocycles. The second-order valence-electron chi connectivity index (χ2n) is 8.29. The molecule has 1 saturated heterocycles. The van der Waals surface area contributed by atoms with Crippen LogP contribution >= 0.6 is 24.0 Å². The quantitative estimate of drug-likeness (QED) is 0.232. The molecule has 2 aliphatic rings. The minimum atomic E-state index is 0. The van der Waals surface area contributed by atoms with Crippen LogP contribution in [0.3, 0.4) is 0 Å². The van der Waals surface area contributed by atoms with Crippen LogP contribution in [0.1, 0.15) is 49.1 Å². The maximum atomic E-state index is 6.24. The molecule has 7 nitrogen and oxygen atoms in total. The van der Waals surface area contributed by atoms with Gasteiger partial charge in [0.25, 0.3) is 0 Å². The van der Waals surface area contributed by atoms with E-state index in [0.29, 0.717) is 0 Å². The zero-order valence-electron chi connectivity index (χ0n) is 19.0. The van der Waals surface area contributed by atoms with E-state index in [1.165, 1.54) is 24.0 Å². The van der Waals surface area contributed by atoms with Crippen LogP contribution in [-0.4, -0.2) is 66.8 Å². The predicted octanol–water partition coefficient (Wildman–Crippen LogP) is 3.86. The molecule has 1 fully saturated rings. The molecule has 0 bridgehead atoms. The second kappa shape index (κ2) is 13.2. The fourth-order valence-corrected chi connectivity index (χ4v) is 4.45. The molecule has 0 saturated carbocycles. The van der Waals surface area contributed by atoms with Gasteiger partial charge in [0.2, 0.25) is 0 Å². The summed E-state index contributed by atoms with van der Waals surface area (Å²) < 4.78 is 11.2. The van der Waals surface area contributed by atoms with Gasteiger partial charge in [-0.05, 0) is 43.7 Å². The molecular weight excluding hydrogens is 517 g/mol. The Morgan fingerprint density at radius 1 is 1.22 bits per heavy atom. The Labute approximate surface area is 208 Å². The Hall–Kier alpha value is -1.65. The Morgan fingerprint density at radius 3 is 2.84 bits per heavy atom. The van der Waals surface area contributed by atoms with Gasteiger partial charge in [-0.15, -0.1) is 24.0 Å². The number of halogens is 1. The minimum Gasteiger partial charge on any atom is -0.373 e. The first-order valence-electron chi connectivity index (χ1n) is 11.7. The number of nitrogens with one attached hydrogen (secondary N) is 1. The predicted molar refractivity (Wildman–Crippen MR) is 137 cm³/mol. The average Bonchev–Trinajstić information content (AvgIpc) is 3.32. The molecule has 1 aromatic heterocycles. The lowest BCUT2D eigenvalue weighted by Crippen LogP contribution is -2.52. The number of hydrogen-bond acceptors (Lipinski definition) is 5. The van der Waals surface area contributed by atoms with Crippen molar-refractivity contribution in [3.8, 4) is 0 Å². The van der Waals surface area contributed by atoms with Gasteiger partial charge in [-0.25, -0.2) is 0 Å². The van der Waals surface area contributed by atoms with Gasteiger partial charge >= 0.3 is 0 Å². The Kier molecular flexibility index (Phi) is 10.3. The summed E-state index contributed by atoms with van der Waals surface area (Å²) in [6, 6.07) is 10.7. The molecule has 0 radical (unpaired) electrons. The smallest absolute Gasteiger partial charge is 0.194 e. The summed E-state index contributed by atoms with van der Waals surface area (Å²) in [5.74, 6) is 1.02.